The van der Waals surface area contributed by atoms with Crippen LogP contribution in [0.4, 0.5) is 5.69 Å². The van der Waals surface area contributed by atoms with E-state index in [4.69, 9.17) is 15.0 Å². The van der Waals surface area contributed by atoms with Crippen molar-refractivity contribution in [3.05, 3.63) is 23.8 Å². The van der Waals surface area contributed by atoms with E-state index < -0.39 is 16.0 Å². The van der Waals surface area contributed by atoms with E-state index in [0.29, 0.717) is 13.2 Å². The van der Waals surface area contributed by atoms with Crippen LogP contribution in [-0.2, 0) is 14.8 Å². The molecule has 1 heterocycles. The second-order valence-electron chi connectivity index (χ2n) is 4.58. The average Bonchev–Trinajstić information content (AvgIpc) is 2.88. The second kappa shape index (κ2) is 5.78. The maximum absolute atomic E-state index is 11.5. The van der Waals surface area contributed by atoms with E-state index in [-0.39, 0.29) is 22.3 Å². The molecule has 1 fully saturated rings. The van der Waals surface area contributed by atoms with E-state index in [1.54, 1.807) is 0 Å². The fourth-order valence-electron chi connectivity index (χ4n) is 2.07. The summed E-state index contributed by atoms with van der Waals surface area (Å²) in [5, 5.41) is 17.0. The molecule has 2 rings (SSSR count). The van der Waals surface area contributed by atoms with Crippen molar-refractivity contribution >= 4 is 21.7 Å². The van der Waals surface area contributed by atoms with Gasteiger partial charge in [0.1, 0.15) is 4.90 Å². The van der Waals surface area contributed by atoms with Gasteiger partial charge in [-0.15, -0.1) is 0 Å². The van der Waals surface area contributed by atoms with Gasteiger partial charge in [0.25, 0.3) is 0 Å². The SMILES string of the molecule is NS(=O)(=O)c1cc(C(=O)O)ccc1NC[C@H]1CCCO1. The highest BCUT2D eigenvalue weighted by molar-refractivity contribution is 7.89. The first-order chi connectivity index (χ1) is 9.38. The minimum absolute atomic E-state index is 0.0301. The third-order valence-electron chi connectivity index (χ3n) is 3.08. The van der Waals surface area contributed by atoms with Gasteiger partial charge < -0.3 is 15.2 Å². The molecule has 0 amide bonds. The summed E-state index contributed by atoms with van der Waals surface area (Å²) in [6, 6.07) is 3.78. The minimum Gasteiger partial charge on any atom is -0.478 e. The summed E-state index contributed by atoms with van der Waals surface area (Å²) in [4.78, 5) is 10.7. The van der Waals surface area contributed by atoms with Gasteiger partial charge in [-0.05, 0) is 31.0 Å². The zero-order valence-corrected chi connectivity index (χ0v) is 11.5. The Morgan fingerprint density at radius 3 is 2.80 bits per heavy atom. The number of hydrogen-bond acceptors (Lipinski definition) is 5. The van der Waals surface area contributed by atoms with Crippen molar-refractivity contribution in [1.82, 2.24) is 0 Å². The second-order valence-corrected chi connectivity index (χ2v) is 6.11. The number of carboxylic acid groups (broad SMARTS) is 1. The molecule has 1 saturated heterocycles. The Hall–Kier alpha value is -1.64. The van der Waals surface area contributed by atoms with Crippen molar-refractivity contribution in [1.29, 1.82) is 0 Å². The third-order valence-corrected chi connectivity index (χ3v) is 4.03. The van der Waals surface area contributed by atoms with Crippen LogP contribution in [0.15, 0.2) is 23.1 Å². The molecular formula is C12H16N2O5S. The summed E-state index contributed by atoms with van der Waals surface area (Å²) in [5.41, 5.74) is 0.157. The molecule has 20 heavy (non-hydrogen) atoms. The predicted octanol–water partition coefficient (Wildman–Crippen LogP) is 0.623. The van der Waals surface area contributed by atoms with E-state index >= 15 is 0 Å². The largest absolute Gasteiger partial charge is 0.478 e. The highest BCUT2D eigenvalue weighted by Crippen LogP contribution is 2.23. The summed E-state index contributed by atoms with van der Waals surface area (Å²) in [7, 11) is -4.00. The summed E-state index contributed by atoms with van der Waals surface area (Å²) < 4.78 is 28.5. The van der Waals surface area contributed by atoms with Gasteiger partial charge in [-0.2, -0.15) is 0 Å². The molecule has 1 aromatic carbocycles. The highest BCUT2D eigenvalue weighted by Gasteiger charge is 2.19. The minimum atomic E-state index is -4.00. The molecule has 0 saturated carbocycles. The van der Waals surface area contributed by atoms with Crippen molar-refractivity contribution < 1.29 is 23.1 Å². The van der Waals surface area contributed by atoms with Gasteiger partial charge in [-0.1, -0.05) is 0 Å². The van der Waals surface area contributed by atoms with Gasteiger partial charge >= 0.3 is 5.97 Å². The van der Waals surface area contributed by atoms with Crippen LogP contribution in [0.2, 0.25) is 0 Å². The van der Waals surface area contributed by atoms with Gasteiger partial charge in [0.05, 0.1) is 17.4 Å². The molecule has 4 N–H and O–H groups in total. The fourth-order valence-corrected chi connectivity index (χ4v) is 2.80. The lowest BCUT2D eigenvalue weighted by Crippen LogP contribution is -2.21. The molecular weight excluding hydrogens is 284 g/mol. The van der Waals surface area contributed by atoms with Crippen LogP contribution in [0, 0.1) is 0 Å². The first-order valence-electron chi connectivity index (χ1n) is 6.13. The van der Waals surface area contributed by atoms with Crippen LogP contribution < -0.4 is 10.5 Å². The van der Waals surface area contributed by atoms with Crippen LogP contribution in [0.5, 0.6) is 0 Å². The molecule has 7 nitrogen and oxygen atoms in total. The molecule has 0 bridgehead atoms. The lowest BCUT2D eigenvalue weighted by molar-refractivity contribution is 0.0696. The average molecular weight is 300 g/mol. The smallest absolute Gasteiger partial charge is 0.335 e. The number of rotatable bonds is 5. The number of anilines is 1. The van der Waals surface area contributed by atoms with Gasteiger partial charge in [-0.25, -0.2) is 18.4 Å². The summed E-state index contributed by atoms with van der Waals surface area (Å²) in [6.45, 7) is 1.15. The third kappa shape index (κ3) is 3.47. The molecule has 0 unspecified atom stereocenters. The van der Waals surface area contributed by atoms with Gasteiger partial charge in [-0.3, -0.25) is 0 Å². The van der Waals surface area contributed by atoms with E-state index in [1.165, 1.54) is 12.1 Å². The number of benzene rings is 1. The van der Waals surface area contributed by atoms with Crippen molar-refractivity contribution in [2.24, 2.45) is 5.14 Å². The number of carboxylic acids is 1. The van der Waals surface area contributed by atoms with Crippen molar-refractivity contribution in [3.8, 4) is 0 Å². The zero-order chi connectivity index (χ0) is 14.8. The van der Waals surface area contributed by atoms with Crippen molar-refractivity contribution in [2.45, 2.75) is 23.8 Å². The van der Waals surface area contributed by atoms with Crippen LogP contribution in [0.1, 0.15) is 23.2 Å². The van der Waals surface area contributed by atoms with Crippen molar-refractivity contribution in [2.75, 3.05) is 18.5 Å². The summed E-state index contributed by atoms with van der Waals surface area (Å²) in [6.07, 6.45) is 1.92. The number of ether oxygens (including phenoxy) is 1. The molecule has 1 atom stereocenters. The number of nitrogens with one attached hydrogen (secondary N) is 1. The molecule has 8 heteroatoms. The lowest BCUT2D eigenvalue weighted by Gasteiger charge is -2.14. The number of primary sulfonamides is 1. The topological polar surface area (TPSA) is 119 Å². The van der Waals surface area contributed by atoms with Crippen LogP contribution in [0.3, 0.4) is 0 Å². The summed E-state index contributed by atoms with van der Waals surface area (Å²) in [5.74, 6) is -1.21. The molecule has 1 aromatic rings. The molecule has 1 aliphatic rings. The Balaban J connectivity index is 2.24. The number of hydrogen-bond donors (Lipinski definition) is 3. The standard InChI is InChI=1S/C12H16N2O5S/c13-20(17,18)11-6-8(12(15)16)3-4-10(11)14-7-9-2-1-5-19-9/h3-4,6,9,14H,1-2,5,7H2,(H,15,16)(H2,13,17,18)/t9-/m1/s1. The van der Waals surface area contributed by atoms with E-state index in [9.17, 15) is 13.2 Å². The van der Waals surface area contributed by atoms with Gasteiger partial charge in [0.15, 0.2) is 0 Å². The van der Waals surface area contributed by atoms with E-state index in [1.807, 2.05) is 0 Å². The number of sulfonamides is 1. The Morgan fingerprint density at radius 1 is 1.50 bits per heavy atom. The monoisotopic (exact) mass is 300 g/mol. The maximum atomic E-state index is 11.5. The molecule has 0 spiro atoms. The Kier molecular flexibility index (Phi) is 4.26. The molecule has 110 valence electrons. The van der Waals surface area contributed by atoms with Crippen LogP contribution in [0.25, 0.3) is 0 Å². The highest BCUT2D eigenvalue weighted by atomic mass is 32.2. The first-order valence-corrected chi connectivity index (χ1v) is 7.68. The lowest BCUT2D eigenvalue weighted by atomic mass is 10.2. The van der Waals surface area contributed by atoms with Gasteiger partial charge in [0, 0.05) is 13.2 Å². The molecule has 0 radical (unpaired) electrons. The molecule has 0 aromatic heterocycles. The quantitative estimate of drug-likeness (QED) is 0.733. The maximum Gasteiger partial charge on any atom is 0.335 e. The van der Waals surface area contributed by atoms with Gasteiger partial charge in [0.2, 0.25) is 10.0 Å². The number of aromatic carboxylic acids is 1. The number of nitrogens with two attached hydrogens (primary N) is 1. The van der Waals surface area contributed by atoms with Crippen molar-refractivity contribution in [3.63, 3.8) is 0 Å². The first kappa shape index (κ1) is 14.8. The predicted molar refractivity (Wildman–Crippen MR) is 72.2 cm³/mol. The van der Waals surface area contributed by atoms with E-state index in [0.717, 1.165) is 18.9 Å². The Bertz CT molecular complexity index is 608. The number of carbonyl (C=O) groups is 1. The van der Waals surface area contributed by atoms with Crippen LogP contribution in [-0.4, -0.2) is 38.7 Å². The fraction of sp³-hybridized carbons (Fsp3) is 0.417. The Morgan fingerprint density at radius 2 is 2.25 bits per heavy atom. The molecule has 1 aliphatic heterocycles. The Labute approximate surface area is 116 Å². The normalized spacial score (nSPS) is 18.9. The van der Waals surface area contributed by atoms with Crippen LogP contribution >= 0.6 is 0 Å². The zero-order valence-electron chi connectivity index (χ0n) is 10.7. The van der Waals surface area contributed by atoms with E-state index in [2.05, 4.69) is 5.32 Å². The summed E-state index contributed by atoms with van der Waals surface area (Å²) >= 11 is 0. The molecule has 0 aliphatic carbocycles.